The Morgan fingerprint density at radius 1 is 1.30 bits per heavy atom. The molecular weight excluding hydrogens is 307 g/mol. The van der Waals surface area contributed by atoms with Crippen molar-refractivity contribution in [1.29, 1.82) is 0 Å². The first-order chi connectivity index (χ1) is 10.5. The fraction of sp³-hybridized carbons (Fsp3) is 0.588. The van der Waals surface area contributed by atoms with Crippen molar-refractivity contribution in [2.75, 3.05) is 6.54 Å². The Bertz CT molecular complexity index is 668. The summed E-state index contributed by atoms with van der Waals surface area (Å²) in [5, 5.41) is 9.80. The number of carbonyl (C=O) groups is 1. The van der Waals surface area contributed by atoms with Crippen LogP contribution in [-0.4, -0.2) is 34.7 Å². The van der Waals surface area contributed by atoms with E-state index in [2.05, 4.69) is 0 Å². The number of nitrogens with zero attached hydrogens (tertiary/aromatic N) is 1. The molecule has 1 heterocycles. The van der Waals surface area contributed by atoms with Crippen LogP contribution in [0.15, 0.2) is 18.2 Å². The summed E-state index contributed by atoms with van der Waals surface area (Å²) in [6.45, 7) is 5.94. The molecule has 3 rings (SSSR count). The SMILES string of the molecule is CC1(C)[C@H]2Cc3ccc(O)cc3[C@]1(C)CCN2C(=O)C(F)(F)F. The van der Waals surface area contributed by atoms with E-state index in [9.17, 15) is 23.1 Å². The van der Waals surface area contributed by atoms with Crippen LogP contribution in [0.2, 0.25) is 0 Å². The van der Waals surface area contributed by atoms with Gasteiger partial charge in [-0.05, 0) is 41.5 Å². The van der Waals surface area contributed by atoms with Crippen LogP contribution in [0, 0.1) is 5.41 Å². The van der Waals surface area contributed by atoms with Crippen molar-refractivity contribution in [2.45, 2.75) is 51.2 Å². The van der Waals surface area contributed by atoms with Gasteiger partial charge in [-0.2, -0.15) is 13.2 Å². The largest absolute Gasteiger partial charge is 0.508 e. The smallest absolute Gasteiger partial charge is 0.471 e. The Morgan fingerprint density at radius 2 is 1.96 bits per heavy atom. The molecule has 1 N–H and O–H groups in total. The van der Waals surface area contributed by atoms with Crippen molar-refractivity contribution in [1.82, 2.24) is 4.90 Å². The summed E-state index contributed by atoms with van der Waals surface area (Å²) in [5.41, 5.74) is 0.992. The van der Waals surface area contributed by atoms with E-state index < -0.39 is 23.5 Å². The van der Waals surface area contributed by atoms with Gasteiger partial charge in [0.25, 0.3) is 0 Å². The fourth-order valence-corrected chi connectivity index (χ4v) is 4.30. The van der Waals surface area contributed by atoms with Crippen LogP contribution in [0.4, 0.5) is 13.2 Å². The predicted molar refractivity (Wildman–Crippen MR) is 79.1 cm³/mol. The summed E-state index contributed by atoms with van der Waals surface area (Å²) in [5.74, 6) is -1.59. The molecule has 0 aromatic heterocycles. The molecule has 1 aromatic rings. The van der Waals surface area contributed by atoms with E-state index in [1.54, 1.807) is 18.2 Å². The molecule has 0 unspecified atom stereocenters. The van der Waals surface area contributed by atoms with E-state index in [1.807, 2.05) is 20.8 Å². The Labute approximate surface area is 133 Å². The van der Waals surface area contributed by atoms with Crippen molar-refractivity contribution in [2.24, 2.45) is 5.41 Å². The first kappa shape index (κ1) is 16.1. The van der Waals surface area contributed by atoms with Gasteiger partial charge in [0.15, 0.2) is 0 Å². The van der Waals surface area contributed by atoms with Gasteiger partial charge in [-0.15, -0.1) is 0 Å². The van der Waals surface area contributed by atoms with Crippen molar-refractivity contribution in [3.63, 3.8) is 0 Å². The third-order valence-electron chi connectivity index (χ3n) is 6.09. The number of benzene rings is 1. The highest BCUT2D eigenvalue weighted by molar-refractivity contribution is 5.82. The average molecular weight is 327 g/mol. The van der Waals surface area contributed by atoms with Crippen LogP contribution < -0.4 is 0 Å². The zero-order chi connectivity index (χ0) is 17.2. The summed E-state index contributed by atoms with van der Waals surface area (Å²) < 4.78 is 38.8. The Balaban J connectivity index is 2.11. The molecule has 1 aliphatic heterocycles. The number of alkyl halides is 3. The van der Waals surface area contributed by atoms with E-state index in [-0.39, 0.29) is 17.7 Å². The highest BCUT2D eigenvalue weighted by atomic mass is 19.4. The summed E-state index contributed by atoms with van der Waals surface area (Å²) in [7, 11) is 0. The van der Waals surface area contributed by atoms with Crippen molar-refractivity contribution in [3.8, 4) is 5.75 Å². The maximum Gasteiger partial charge on any atom is 0.471 e. The lowest BCUT2D eigenvalue weighted by molar-refractivity contribution is -0.195. The third kappa shape index (κ3) is 2.14. The van der Waals surface area contributed by atoms with Gasteiger partial charge in [0.05, 0.1) is 0 Å². The topological polar surface area (TPSA) is 40.5 Å². The highest BCUT2D eigenvalue weighted by Crippen LogP contribution is 2.56. The van der Waals surface area contributed by atoms with Crippen LogP contribution in [0.25, 0.3) is 0 Å². The minimum absolute atomic E-state index is 0.0814. The number of fused-ring (bicyclic) bond motifs is 4. The van der Waals surface area contributed by atoms with Gasteiger partial charge in [-0.3, -0.25) is 4.79 Å². The van der Waals surface area contributed by atoms with Gasteiger partial charge >= 0.3 is 12.1 Å². The van der Waals surface area contributed by atoms with Crippen LogP contribution in [0.5, 0.6) is 5.75 Å². The van der Waals surface area contributed by atoms with Gasteiger partial charge < -0.3 is 10.0 Å². The first-order valence-corrected chi connectivity index (χ1v) is 7.68. The molecule has 6 heteroatoms. The summed E-state index contributed by atoms with van der Waals surface area (Å²) in [6.07, 6.45) is -4.03. The normalized spacial score (nSPS) is 29.1. The number of aromatic hydroxyl groups is 1. The number of carbonyl (C=O) groups excluding carboxylic acids is 1. The molecule has 2 atom stereocenters. The fourth-order valence-electron chi connectivity index (χ4n) is 4.30. The van der Waals surface area contributed by atoms with Crippen LogP contribution >= 0.6 is 0 Å². The molecule has 23 heavy (non-hydrogen) atoms. The van der Waals surface area contributed by atoms with Gasteiger partial charge in [0.2, 0.25) is 0 Å². The molecule has 2 bridgehead atoms. The molecular formula is C17H20F3NO2. The summed E-state index contributed by atoms with van der Waals surface area (Å²) >= 11 is 0. The van der Waals surface area contributed by atoms with Gasteiger partial charge in [0, 0.05) is 18.0 Å². The molecule has 126 valence electrons. The number of hydrogen-bond acceptors (Lipinski definition) is 2. The van der Waals surface area contributed by atoms with Crippen molar-refractivity contribution < 1.29 is 23.1 Å². The molecule has 1 fully saturated rings. The number of rotatable bonds is 0. The van der Waals surface area contributed by atoms with Gasteiger partial charge in [0.1, 0.15) is 5.75 Å². The zero-order valence-electron chi connectivity index (χ0n) is 13.4. The van der Waals surface area contributed by atoms with Crippen molar-refractivity contribution >= 4 is 5.91 Å². The van der Waals surface area contributed by atoms with E-state index in [1.165, 1.54) is 0 Å². The zero-order valence-corrected chi connectivity index (χ0v) is 13.4. The predicted octanol–water partition coefficient (Wildman–Crippen LogP) is 3.40. The Kier molecular flexibility index (Phi) is 3.26. The Hall–Kier alpha value is -1.72. The quantitative estimate of drug-likeness (QED) is 0.793. The second-order valence-corrected chi connectivity index (χ2v) is 7.36. The molecule has 1 aliphatic carbocycles. The summed E-state index contributed by atoms with van der Waals surface area (Å²) in [4.78, 5) is 12.8. The third-order valence-corrected chi connectivity index (χ3v) is 6.09. The van der Waals surface area contributed by atoms with Crippen LogP contribution in [-0.2, 0) is 16.6 Å². The number of phenolic OH excluding ortho intramolecular Hbond substituents is 1. The minimum Gasteiger partial charge on any atom is -0.508 e. The van der Waals surface area contributed by atoms with E-state index in [4.69, 9.17) is 0 Å². The molecule has 0 radical (unpaired) electrons. The molecule has 2 aliphatic rings. The maximum atomic E-state index is 12.9. The molecule has 1 aromatic carbocycles. The maximum absolute atomic E-state index is 12.9. The number of piperidine rings is 1. The molecule has 1 saturated heterocycles. The van der Waals surface area contributed by atoms with Crippen molar-refractivity contribution in [3.05, 3.63) is 29.3 Å². The van der Waals surface area contributed by atoms with Crippen LogP contribution in [0.1, 0.15) is 38.3 Å². The van der Waals surface area contributed by atoms with E-state index >= 15 is 0 Å². The summed E-state index contributed by atoms with van der Waals surface area (Å²) in [6, 6.07) is 4.51. The van der Waals surface area contributed by atoms with E-state index in [0.717, 1.165) is 16.0 Å². The van der Waals surface area contributed by atoms with Crippen LogP contribution in [0.3, 0.4) is 0 Å². The number of amides is 1. The lowest BCUT2D eigenvalue weighted by Crippen LogP contribution is -2.66. The lowest BCUT2D eigenvalue weighted by Gasteiger charge is -2.60. The number of likely N-dealkylation sites (tertiary alicyclic amines) is 1. The van der Waals surface area contributed by atoms with Gasteiger partial charge in [-0.1, -0.05) is 26.8 Å². The minimum atomic E-state index is -4.85. The molecule has 1 amide bonds. The monoisotopic (exact) mass is 327 g/mol. The average Bonchev–Trinajstić information content (AvgIpc) is 2.42. The second kappa shape index (κ2) is 4.65. The lowest BCUT2D eigenvalue weighted by atomic mass is 9.51. The van der Waals surface area contributed by atoms with Gasteiger partial charge in [-0.25, -0.2) is 0 Å². The molecule has 0 saturated carbocycles. The number of hydrogen-bond donors (Lipinski definition) is 1. The second-order valence-electron chi connectivity index (χ2n) is 7.36. The molecule has 3 nitrogen and oxygen atoms in total. The Morgan fingerprint density at radius 3 is 2.57 bits per heavy atom. The first-order valence-electron chi connectivity index (χ1n) is 7.68. The number of halogens is 3. The molecule has 0 spiro atoms. The number of phenols is 1. The van der Waals surface area contributed by atoms with E-state index in [0.29, 0.717) is 12.8 Å². The highest BCUT2D eigenvalue weighted by Gasteiger charge is 2.59. The standard InChI is InChI=1S/C17H20F3NO2/c1-15(2)13-8-10-4-5-11(22)9-12(10)16(15,3)6-7-21(13)14(23)17(18,19)20/h4-5,9,13,22H,6-8H2,1-3H3/t13-,16+/m1/s1.